The first kappa shape index (κ1) is 15.1. The van der Waals surface area contributed by atoms with Gasteiger partial charge in [0.15, 0.2) is 0 Å². The lowest BCUT2D eigenvalue weighted by Crippen LogP contribution is -2.29. The number of anilines is 1. The van der Waals surface area contributed by atoms with Gasteiger partial charge in [0.05, 0.1) is 24.0 Å². The molecule has 0 fully saturated rings. The van der Waals surface area contributed by atoms with Crippen molar-refractivity contribution in [3.8, 4) is 6.07 Å². The molecule has 0 radical (unpaired) electrons. The van der Waals surface area contributed by atoms with Crippen LogP contribution in [-0.2, 0) is 4.74 Å². The lowest BCUT2D eigenvalue weighted by atomic mass is 10.3. The highest BCUT2D eigenvalue weighted by Gasteiger charge is 2.21. The highest BCUT2D eigenvalue weighted by Crippen LogP contribution is 2.27. The topological polar surface area (TPSA) is 92.3 Å². The molecule has 1 aromatic heterocycles. The molecule has 19 heavy (non-hydrogen) atoms. The van der Waals surface area contributed by atoms with Gasteiger partial charge in [0.25, 0.3) is 0 Å². The third-order valence-electron chi connectivity index (χ3n) is 2.38. The molecule has 0 aliphatic carbocycles. The zero-order valence-electron chi connectivity index (χ0n) is 10.4. The van der Waals surface area contributed by atoms with Crippen LogP contribution in [0.3, 0.4) is 0 Å². The van der Waals surface area contributed by atoms with Crippen molar-refractivity contribution in [2.24, 2.45) is 0 Å². The Morgan fingerprint density at radius 1 is 1.58 bits per heavy atom. The van der Waals surface area contributed by atoms with Crippen LogP contribution in [0.25, 0.3) is 0 Å². The van der Waals surface area contributed by atoms with E-state index in [1.165, 1.54) is 19.2 Å². The summed E-state index contributed by atoms with van der Waals surface area (Å²) < 4.78 is 4.95. The van der Waals surface area contributed by atoms with Gasteiger partial charge in [0, 0.05) is 26.3 Å². The molecule has 0 aromatic carbocycles. The second-order valence-corrected chi connectivity index (χ2v) is 4.01. The minimum absolute atomic E-state index is 0.140. The highest BCUT2D eigenvalue weighted by atomic mass is 35.5. The third kappa shape index (κ3) is 4.35. The number of ether oxygens (including phenoxy) is 1. The van der Waals surface area contributed by atoms with Crippen LogP contribution in [0, 0.1) is 21.4 Å². The summed E-state index contributed by atoms with van der Waals surface area (Å²) in [4.78, 5) is 16.1. The number of hydrogen-bond donors (Lipinski definition) is 0. The number of hydrogen-bond acceptors (Lipinski definition) is 6. The molecule has 0 N–H and O–H groups in total. The maximum atomic E-state index is 11.0. The summed E-state index contributed by atoms with van der Waals surface area (Å²) in [5, 5.41) is 19.8. The van der Waals surface area contributed by atoms with Crippen LogP contribution in [0.5, 0.6) is 0 Å². The van der Waals surface area contributed by atoms with E-state index in [0.717, 1.165) is 0 Å². The van der Waals surface area contributed by atoms with E-state index in [9.17, 15) is 10.1 Å². The lowest BCUT2D eigenvalue weighted by molar-refractivity contribution is -0.384. The molecule has 0 aliphatic heterocycles. The standard InChI is InChI=1S/C11H13ClN4O3/c1-19-8-7-15(6-2-5-13)11-9(16(17)18)3-4-10(12)14-11/h3-4H,2,6-8H2,1H3. The number of rotatable bonds is 7. The van der Waals surface area contributed by atoms with Crippen molar-refractivity contribution >= 4 is 23.1 Å². The van der Waals surface area contributed by atoms with Gasteiger partial charge >= 0.3 is 5.69 Å². The molecule has 0 bridgehead atoms. The maximum Gasteiger partial charge on any atom is 0.311 e. The van der Waals surface area contributed by atoms with E-state index >= 15 is 0 Å². The molecule has 0 saturated heterocycles. The average molecular weight is 285 g/mol. The summed E-state index contributed by atoms with van der Waals surface area (Å²) in [7, 11) is 1.53. The Balaban J connectivity index is 3.08. The van der Waals surface area contributed by atoms with E-state index < -0.39 is 4.92 Å². The molecule has 0 unspecified atom stereocenters. The van der Waals surface area contributed by atoms with Gasteiger partial charge in [-0.1, -0.05) is 11.6 Å². The number of methoxy groups -OCH3 is 1. The molecule has 0 saturated carbocycles. The van der Waals surface area contributed by atoms with Crippen molar-refractivity contribution in [3.63, 3.8) is 0 Å². The summed E-state index contributed by atoms with van der Waals surface area (Å²) in [5.74, 6) is 0.157. The van der Waals surface area contributed by atoms with Crippen LogP contribution in [0.1, 0.15) is 6.42 Å². The van der Waals surface area contributed by atoms with E-state index in [1.54, 1.807) is 4.90 Å². The van der Waals surface area contributed by atoms with Crippen molar-refractivity contribution in [2.75, 3.05) is 31.7 Å². The predicted molar refractivity (Wildman–Crippen MR) is 70.2 cm³/mol. The van der Waals surface area contributed by atoms with Crippen LogP contribution >= 0.6 is 11.6 Å². The van der Waals surface area contributed by atoms with Crippen LogP contribution in [0.2, 0.25) is 5.15 Å². The summed E-state index contributed by atoms with van der Waals surface area (Å²) in [6, 6.07) is 4.66. The fourth-order valence-corrected chi connectivity index (χ4v) is 1.65. The molecular formula is C11H13ClN4O3. The van der Waals surface area contributed by atoms with Crippen molar-refractivity contribution in [1.82, 2.24) is 4.98 Å². The molecule has 7 nitrogen and oxygen atoms in total. The van der Waals surface area contributed by atoms with Gasteiger partial charge in [-0.3, -0.25) is 10.1 Å². The van der Waals surface area contributed by atoms with Gasteiger partial charge in [-0.05, 0) is 6.07 Å². The Morgan fingerprint density at radius 2 is 2.32 bits per heavy atom. The maximum absolute atomic E-state index is 11.0. The fourth-order valence-electron chi connectivity index (χ4n) is 1.50. The normalized spacial score (nSPS) is 9.95. The second-order valence-electron chi connectivity index (χ2n) is 3.62. The van der Waals surface area contributed by atoms with Crippen molar-refractivity contribution in [2.45, 2.75) is 6.42 Å². The smallest absolute Gasteiger partial charge is 0.311 e. The van der Waals surface area contributed by atoms with Gasteiger partial charge in [0.1, 0.15) is 5.15 Å². The van der Waals surface area contributed by atoms with Crippen molar-refractivity contribution in [3.05, 3.63) is 27.4 Å². The van der Waals surface area contributed by atoms with E-state index in [1.807, 2.05) is 6.07 Å². The van der Waals surface area contributed by atoms with Crippen LogP contribution < -0.4 is 4.90 Å². The molecule has 1 heterocycles. The van der Waals surface area contributed by atoms with E-state index in [2.05, 4.69) is 4.98 Å². The number of pyridine rings is 1. The van der Waals surface area contributed by atoms with E-state index in [4.69, 9.17) is 21.6 Å². The van der Waals surface area contributed by atoms with Crippen molar-refractivity contribution in [1.29, 1.82) is 5.26 Å². The number of nitro groups is 1. The average Bonchev–Trinajstić information content (AvgIpc) is 2.38. The summed E-state index contributed by atoms with van der Waals surface area (Å²) in [5.41, 5.74) is -0.140. The van der Waals surface area contributed by atoms with Crippen LogP contribution in [-0.4, -0.2) is 36.7 Å². The molecule has 0 atom stereocenters. The largest absolute Gasteiger partial charge is 0.383 e. The summed E-state index contributed by atoms with van der Waals surface area (Å²) in [6.45, 7) is 1.09. The van der Waals surface area contributed by atoms with Gasteiger partial charge in [0.2, 0.25) is 5.82 Å². The Labute approximate surface area is 115 Å². The first-order valence-corrected chi connectivity index (χ1v) is 5.89. The van der Waals surface area contributed by atoms with Crippen LogP contribution in [0.15, 0.2) is 12.1 Å². The SMILES string of the molecule is COCCN(CCC#N)c1nc(Cl)ccc1[N+](=O)[O-]. The number of nitriles is 1. The molecular weight excluding hydrogens is 272 g/mol. The first-order chi connectivity index (χ1) is 9.10. The van der Waals surface area contributed by atoms with Gasteiger partial charge in [-0.15, -0.1) is 0 Å². The second kappa shape index (κ2) is 7.51. The van der Waals surface area contributed by atoms with Gasteiger partial charge in [-0.25, -0.2) is 4.98 Å². The quantitative estimate of drug-likeness (QED) is 0.432. The van der Waals surface area contributed by atoms with E-state index in [-0.39, 0.29) is 23.1 Å². The zero-order valence-corrected chi connectivity index (χ0v) is 11.1. The Bertz CT molecular complexity index is 489. The predicted octanol–water partition coefficient (Wildman–Crippen LogP) is 2.01. The highest BCUT2D eigenvalue weighted by molar-refractivity contribution is 6.29. The molecule has 0 spiro atoms. The monoisotopic (exact) mass is 284 g/mol. The Hall–Kier alpha value is -1.91. The fraction of sp³-hybridized carbons (Fsp3) is 0.455. The minimum atomic E-state index is -0.523. The van der Waals surface area contributed by atoms with Gasteiger partial charge in [-0.2, -0.15) is 5.26 Å². The summed E-state index contributed by atoms with van der Waals surface area (Å²) in [6.07, 6.45) is 0.231. The Morgan fingerprint density at radius 3 is 2.89 bits per heavy atom. The van der Waals surface area contributed by atoms with Crippen LogP contribution in [0.4, 0.5) is 11.5 Å². The number of aromatic nitrogens is 1. The van der Waals surface area contributed by atoms with Gasteiger partial charge < -0.3 is 9.64 Å². The summed E-state index contributed by atoms with van der Waals surface area (Å²) >= 11 is 5.78. The molecule has 0 aliphatic rings. The molecule has 102 valence electrons. The molecule has 1 aromatic rings. The number of nitrogens with zero attached hydrogens (tertiary/aromatic N) is 4. The molecule has 0 amide bonds. The zero-order chi connectivity index (χ0) is 14.3. The Kier molecular flexibility index (Phi) is 5.99. The molecule has 1 rings (SSSR count). The van der Waals surface area contributed by atoms with E-state index in [0.29, 0.717) is 19.7 Å². The number of halogens is 1. The lowest BCUT2D eigenvalue weighted by Gasteiger charge is -2.21. The third-order valence-corrected chi connectivity index (χ3v) is 2.59. The van der Waals surface area contributed by atoms with Crippen molar-refractivity contribution < 1.29 is 9.66 Å². The first-order valence-electron chi connectivity index (χ1n) is 5.52. The molecule has 8 heteroatoms. The minimum Gasteiger partial charge on any atom is -0.383 e.